The number of sulfonamides is 1. The molecule has 1 aliphatic heterocycles. The Morgan fingerprint density at radius 2 is 1.84 bits per heavy atom. The summed E-state index contributed by atoms with van der Waals surface area (Å²) < 4.78 is 44.1. The Labute approximate surface area is 193 Å². The second-order valence-corrected chi connectivity index (χ2v) is 8.10. The molecule has 1 aromatic heterocycles. The van der Waals surface area contributed by atoms with Gasteiger partial charge in [-0.2, -0.15) is 0 Å². The summed E-state index contributed by atoms with van der Waals surface area (Å²) in [6.07, 6.45) is 3.24. The molecule has 0 saturated carbocycles. The first kappa shape index (κ1) is 25.0. The molecule has 4 rings (SSSR count). The van der Waals surface area contributed by atoms with Crippen molar-refractivity contribution >= 4 is 45.6 Å². The topological polar surface area (TPSA) is 98.8 Å². The molecule has 0 spiro atoms. The minimum absolute atomic E-state index is 0. The van der Waals surface area contributed by atoms with Crippen LogP contribution in [0.4, 0.5) is 0 Å². The molecule has 3 aromatic rings. The van der Waals surface area contributed by atoms with Crippen molar-refractivity contribution in [2.24, 2.45) is 0 Å². The maximum Gasteiger partial charge on any atom is 0.241 e. The van der Waals surface area contributed by atoms with Gasteiger partial charge in [0, 0.05) is 48.9 Å². The van der Waals surface area contributed by atoms with Crippen LogP contribution in [0.25, 0.3) is 10.8 Å². The van der Waals surface area contributed by atoms with Crippen LogP contribution in [0.5, 0.6) is 17.2 Å². The molecule has 0 atom stereocenters. The van der Waals surface area contributed by atoms with Gasteiger partial charge in [0.25, 0.3) is 0 Å². The molecule has 8 nitrogen and oxygen atoms in total. The quantitative estimate of drug-likeness (QED) is 0.447. The standard InChI is InChI=1S/C20H21N3O5S.2ClH/c24-29(25,20-3-1-2-15-13-22-7-6-17(15)20)23-9-8-21-10-11-26-16-4-5-18-19(12-16)28-14-27-18;;/h1-7,12-13,21,23H,8-11,14H2;2*1H. The summed E-state index contributed by atoms with van der Waals surface area (Å²) in [5.74, 6) is 2.08. The Bertz CT molecular complexity index is 1110. The number of ether oxygens (including phenoxy) is 3. The fourth-order valence-electron chi connectivity index (χ4n) is 3.01. The van der Waals surface area contributed by atoms with Gasteiger partial charge in [-0.3, -0.25) is 4.98 Å². The van der Waals surface area contributed by atoms with Crippen molar-refractivity contribution in [2.75, 3.05) is 33.0 Å². The lowest BCUT2D eigenvalue weighted by Crippen LogP contribution is -2.33. The van der Waals surface area contributed by atoms with Crippen LogP contribution in [0.2, 0.25) is 0 Å². The zero-order valence-electron chi connectivity index (χ0n) is 16.4. The fourth-order valence-corrected chi connectivity index (χ4v) is 4.27. The van der Waals surface area contributed by atoms with Gasteiger partial charge in [-0.25, -0.2) is 13.1 Å². The molecule has 11 heteroatoms. The SMILES string of the molecule is Cl.Cl.O=S(=O)(NCCNCCOc1ccc2c(c1)OCO2)c1cccc2cnccc12. The number of hydrogen-bond acceptors (Lipinski definition) is 7. The largest absolute Gasteiger partial charge is 0.492 e. The summed E-state index contributed by atoms with van der Waals surface area (Å²) >= 11 is 0. The van der Waals surface area contributed by atoms with E-state index in [1.54, 1.807) is 36.7 Å². The van der Waals surface area contributed by atoms with E-state index in [1.807, 2.05) is 18.2 Å². The van der Waals surface area contributed by atoms with Crippen molar-refractivity contribution in [3.8, 4) is 17.2 Å². The smallest absolute Gasteiger partial charge is 0.241 e. The van der Waals surface area contributed by atoms with E-state index in [0.717, 1.165) is 5.39 Å². The highest BCUT2D eigenvalue weighted by Gasteiger charge is 2.16. The fraction of sp³-hybridized carbons (Fsp3) is 0.250. The number of hydrogen-bond donors (Lipinski definition) is 2. The highest BCUT2D eigenvalue weighted by Crippen LogP contribution is 2.34. The van der Waals surface area contributed by atoms with Gasteiger partial charge in [0.15, 0.2) is 11.5 Å². The van der Waals surface area contributed by atoms with Crippen LogP contribution in [0, 0.1) is 0 Å². The third-order valence-electron chi connectivity index (χ3n) is 4.42. The lowest BCUT2D eigenvalue weighted by Gasteiger charge is -2.11. The van der Waals surface area contributed by atoms with Gasteiger partial charge in [-0.15, -0.1) is 24.8 Å². The Morgan fingerprint density at radius 1 is 1.00 bits per heavy atom. The molecule has 0 unspecified atom stereocenters. The monoisotopic (exact) mass is 487 g/mol. The minimum atomic E-state index is -3.60. The summed E-state index contributed by atoms with van der Waals surface area (Å²) in [7, 11) is -3.60. The number of pyridine rings is 1. The Morgan fingerprint density at radius 3 is 2.71 bits per heavy atom. The zero-order valence-corrected chi connectivity index (χ0v) is 18.9. The summed E-state index contributed by atoms with van der Waals surface area (Å²) in [5, 5.41) is 4.59. The Hall–Kier alpha value is -2.30. The van der Waals surface area contributed by atoms with Crippen molar-refractivity contribution in [3.63, 3.8) is 0 Å². The van der Waals surface area contributed by atoms with Crippen LogP contribution in [0.3, 0.4) is 0 Å². The van der Waals surface area contributed by atoms with E-state index in [2.05, 4.69) is 15.0 Å². The number of nitrogens with one attached hydrogen (secondary N) is 2. The van der Waals surface area contributed by atoms with E-state index in [1.165, 1.54) is 0 Å². The molecule has 0 saturated heterocycles. The van der Waals surface area contributed by atoms with Gasteiger partial charge in [-0.05, 0) is 24.3 Å². The van der Waals surface area contributed by atoms with E-state index in [4.69, 9.17) is 14.2 Å². The average molecular weight is 488 g/mol. The normalized spacial score (nSPS) is 12.1. The molecule has 31 heavy (non-hydrogen) atoms. The van der Waals surface area contributed by atoms with Gasteiger partial charge >= 0.3 is 0 Å². The highest BCUT2D eigenvalue weighted by atomic mass is 35.5. The number of halogens is 2. The number of fused-ring (bicyclic) bond motifs is 2. The second-order valence-electron chi connectivity index (χ2n) is 6.36. The first-order valence-corrected chi connectivity index (χ1v) is 10.7. The minimum Gasteiger partial charge on any atom is -0.492 e. The number of nitrogens with zero attached hydrogens (tertiary/aromatic N) is 1. The van der Waals surface area contributed by atoms with Crippen LogP contribution in [-0.4, -0.2) is 46.4 Å². The van der Waals surface area contributed by atoms with Crippen molar-refractivity contribution in [2.45, 2.75) is 4.90 Å². The second kappa shape index (κ2) is 11.4. The van der Waals surface area contributed by atoms with Gasteiger partial charge in [0.05, 0.1) is 4.90 Å². The van der Waals surface area contributed by atoms with Crippen molar-refractivity contribution in [1.29, 1.82) is 0 Å². The molecule has 1 aliphatic rings. The average Bonchev–Trinajstić information content (AvgIpc) is 3.20. The molecule has 0 bridgehead atoms. The van der Waals surface area contributed by atoms with Crippen LogP contribution >= 0.6 is 24.8 Å². The van der Waals surface area contributed by atoms with E-state index in [0.29, 0.717) is 42.3 Å². The number of rotatable bonds is 9. The molecular weight excluding hydrogens is 465 g/mol. The Balaban J connectivity index is 0.00000171. The molecule has 2 N–H and O–H groups in total. The van der Waals surface area contributed by atoms with Gasteiger partial charge in [-0.1, -0.05) is 12.1 Å². The Kier molecular flexibility index (Phi) is 9.15. The first-order chi connectivity index (χ1) is 14.1. The molecule has 0 radical (unpaired) electrons. The van der Waals surface area contributed by atoms with Crippen LogP contribution < -0.4 is 24.2 Å². The van der Waals surface area contributed by atoms with E-state index in [-0.39, 0.29) is 43.0 Å². The van der Waals surface area contributed by atoms with E-state index < -0.39 is 10.0 Å². The lowest BCUT2D eigenvalue weighted by atomic mass is 10.2. The third-order valence-corrected chi connectivity index (χ3v) is 5.93. The van der Waals surface area contributed by atoms with Crippen molar-refractivity contribution in [3.05, 3.63) is 54.9 Å². The lowest BCUT2D eigenvalue weighted by molar-refractivity contribution is 0.173. The first-order valence-electron chi connectivity index (χ1n) is 9.19. The van der Waals surface area contributed by atoms with Crippen LogP contribution in [-0.2, 0) is 10.0 Å². The molecule has 0 aliphatic carbocycles. The van der Waals surface area contributed by atoms with Crippen LogP contribution in [0.1, 0.15) is 0 Å². The molecule has 2 aromatic carbocycles. The number of benzene rings is 2. The van der Waals surface area contributed by atoms with Gasteiger partial charge < -0.3 is 19.5 Å². The van der Waals surface area contributed by atoms with Crippen molar-refractivity contribution in [1.82, 2.24) is 15.0 Å². The number of aromatic nitrogens is 1. The molecule has 0 amide bonds. The predicted octanol–water partition coefficient (Wildman–Crippen LogP) is 2.75. The zero-order chi connectivity index (χ0) is 20.1. The molecule has 2 heterocycles. The third kappa shape index (κ3) is 6.11. The maximum atomic E-state index is 12.6. The summed E-state index contributed by atoms with van der Waals surface area (Å²) in [6.45, 7) is 2.01. The van der Waals surface area contributed by atoms with Gasteiger partial charge in [0.1, 0.15) is 12.4 Å². The summed E-state index contributed by atoms with van der Waals surface area (Å²) in [6, 6.07) is 12.3. The molecule has 168 valence electrons. The molecular formula is C20H23Cl2N3O5S. The van der Waals surface area contributed by atoms with E-state index in [9.17, 15) is 8.42 Å². The van der Waals surface area contributed by atoms with Crippen LogP contribution in [0.15, 0.2) is 59.8 Å². The predicted molar refractivity (Wildman–Crippen MR) is 122 cm³/mol. The van der Waals surface area contributed by atoms with E-state index >= 15 is 0 Å². The molecule has 0 fully saturated rings. The van der Waals surface area contributed by atoms with Crippen molar-refractivity contribution < 1.29 is 22.6 Å². The highest BCUT2D eigenvalue weighted by molar-refractivity contribution is 7.89. The maximum absolute atomic E-state index is 12.6. The summed E-state index contributed by atoms with van der Waals surface area (Å²) in [5.41, 5.74) is 0. The summed E-state index contributed by atoms with van der Waals surface area (Å²) in [4.78, 5) is 4.28. The van der Waals surface area contributed by atoms with Gasteiger partial charge in [0.2, 0.25) is 16.8 Å².